The van der Waals surface area contributed by atoms with Crippen LogP contribution in [0.25, 0.3) is 0 Å². The highest BCUT2D eigenvalue weighted by molar-refractivity contribution is 5.42. The fourth-order valence-corrected chi connectivity index (χ4v) is 2.09. The smallest absolute Gasteiger partial charge is 0.273 e. The molecule has 0 N–H and O–H groups in total. The molecule has 2 rings (SSSR count). The maximum atomic E-state index is 10.7. The van der Waals surface area contributed by atoms with Crippen molar-refractivity contribution < 1.29 is 9.66 Å². The molecule has 17 heavy (non-hydrogen) atoms. The van der Waals surface area contributed by atoms with Gasteiger partial charge in [0.2, 0.25) is 0 Å². The SMILES string of the molecule is Cc1cc(O[C@@H]2CCN(C)C2)cc([N+](=O)[O-])c1. The van der Waals surface area contributed by atoms with Crippen molar-refractivity contribution in [3.05, 3.63) is 33.9 Å². The largest absolute Gasteiger partial charge is 0.489 e. The van der Waals surface area contributed by atoms with Crippen molar-refractivity contribution in [3.8, 4) is 5.75 Å². The third kappa shape index (κ3) is 2.94. The number of non-ortho nitro benzene ring substituents is 1. The summed E-state index contributed by atoms with van der Waals surface area (Å²) in [6.45, 7) is 3.72. The van der Waals surface area contributed by atoms with E-state index in [1.54, 1.807) is 6.07 Å². The predicted molar refractivity (Wildman–Crippen MR) is 64.4 cm³/mol. The van der Waals surface area contributed by atoms with Crippen LogP contribution in [0, 0.1) is 17.0 Å². The molecule has 1 aromatic rings. The number of nitro groups is 1. The monoisotopic (exact) mass is 236 g/mol. The zero-order valence-electron chi connectivity index (χ0n) is 10.0. The van der Waals surface area contributed by atoms with Gasteiger partial charge in [0.25, 0.3) is 5.69 Å². The van der Waals surface area contributed by atoms with Gasteiger partial charge < -0.3 is 9.64 Å². The summed E-state index contributed by atoms with van der Waals surface area (Å²) in [4.78, 5) is 12.5. The van der Waals surface area contributed by atoms with Gasteiger partial charge in [-0.05, 0) is 32.0 Å². The first-order valence-electron chi connectivity index (χ1n) is 5.66. The lowest BCUT2D eigenvalue weighted by Crippen LogP contribution is -2.21. The number of likely N-dealkylation sites (tertiary alicyclic amines) is 1. The number of aryl methyl sites for hydroxylation is 1. The van der Waals surface area contributed by atoms with Gasteiger partial charge in [-0.25, -0.2) is 0 Å². The van der Waals surface area contributed by atoms with Gasteiger partial charge in [0.15, 0.2) is 0 Å². The number of rotatable bonds is 3. The number of nitrogens with zero attached hydrogens (tertiary/aromatic N) is 2. The Balaban J connectivity index is 2.12. The van der Waals surface area contributed by atoms with Gasteiger partial charge >= 0.3 is 0 Å². The highest BCUT2D eigenvalue weighted by Gasteiger charge is 2.21. The second-order valence-corrected chi connectivity index (χ2v) is 4.55. The van der Waals surface area contributed by atoms with E-state index in [1.807, 2.05) is 20.0 Å². The molecule has 0 spiro atoms. The van der Waals surface area contributed by atoms with Gasteiger partial charge in [-0.15, -0.1) is 0 Å². The topological polar surface area (TPSA) is 55.6 Å². The first-order chi connectivity index (χ1) is 8.04. The lowest BCUT2D eigenvalue weighted by molar-refractivity contribution is -0.385. The van der Waals surface area contributed by atoms with Crippen molar-refractivity contribution in [2.75, 3.05) is 20.1 Å². The zero-order valence-corrected chi connectivity index (χ0v) is 10.0. The van der Waals surface area contributed by atoms with E-state index in [1.165, 1.54) is 6.07 Å². The number of likely N-dealkylation sites (N-methyl/N-ethyl adjacent to an activating group) is 1. The minimum Gasteiger partial charge on any atom is -0.489 e. The molecule has 1 aromatic carbocycles. The summed E-state index contributed by atoms with van der Waals surface area (Å²) in [5.74, 6) is 0.594. The molecular weight excluding hydrogens is 220 g/mol. The molecule has 5 heteroatoms. The average Bonchev–Trinajstić information content (AvgIpc) is 2.63. The maximum Gasteiger partial charge on any atom is 0.273 e. The standard InChI is InChI=1S/C12H16N2O3/c1-9-5-10(14(15)16)7-12(6-9)17-11-3-4-13(2)8-11/h5-7,11H,3-4,8H2,1-2H3/t11-/m1/s1. The summed E-state index contributed by atoms with van der Waals surface area (Å²) >= 11 is 0. The highest BCUT2D eigenvalue weighted by Crippen LogP contribution is 2.24. The predicted octanol–water partition coefficient (Wildman–Crippen LogP) is 1.99. The third-order valence-corrected chi connectivity index (χ3v) is 2.90. The van der Waals surface area contributed by atoms with E-state index < -0.39 is 0 Å². The lowest BCUT2D eigenvalue weighted by atomic mass is 10.2. The molecule has 0 radical (unpaired) electrons. The zero-order chi connectivity index (χ0) is 12.4. The fraction of sp³-hybridized carbons (Fsp3) is 0.500. The summed E-state index contributed by atoms with van der Waals surface area (Å²) in [7, 11) is 2.04. The summed E-state index contributed by atoms with van der Waals surface area (Å²) in [6.07, 6.45) is 1.11. The normalized spacial score (nSPS) is 20.5. The third-order valence-electron chi connectivity index (χ3n) is 2.90. The van der Waals surface area contributed by atoms with Crippen LogP contribution < -0.4 is 4.74 Å². The molecule has 1 aliphatic heterocycles. The van der Waals surface area contributed by atoms with Crippen molar-refractivity contribution in [3.63, 3.8) is 0 Å². The maximum absolute atomic E-state index is 10.7. The van der Waals surface area contributed by atoms with Gasteiger partial charge in [-0.2, -0.15) is 0 Å². The Kier molecular flexibility index (Phi) is 3.28. The van der Waals surface area contributed by atoms with E-state index in [-0.39, 0.29) is 16.7 Å². The van der Waals surface area contributed by atoms with Crippen molar-refractivity contribution in [1.82, 2.24) is 4.90 Å². The van der Waals surface area contributed by atoms with Gasteiger partial charge in [-0.3, -0.25) is 10.1 Å². The lowest BCUT2D eigenvalue weighted by Gasteiger charge is -2.14. The van der Waals surface area contributed by atoms with Gasteiger partial charge in [0.1, 0.15) is 11.9 Å². The highest BCUT2D eigenvalue weighted by atomic mass is 16.6. The van der Waals surface area contributed by atoms with Crippen molar-refractivity contribution >= 4 is 5.69 Å². The molecule has 0 aromatic heterocycles. The molecule has 1 heterocycles. The number of hydrogen-bond acceptors (Lipinski definition) is 4. The van der Waals surface area contributed by atoms with E-state index in [2.05, 4.69) is 4.90 Å². The van der Waals surface area contributed by atoms with Crippen LogP contribution in [-0.2, 0) is 0 Å². The Morgan fingerprint density at radius 3 is 2.82 bits per heavy atom. The molecule has 0 aliphatic carbocycles. The van der Waals surface area contributed by atoms with Gasteiger partial charge in [-0.1, -0.05) is 0 Å². The van der Waals surface area contributed by atoms with Gasteiger partial charge in [0.05, 0.1) is 11.0 Å². The molecule has 1 saturated heterocycles. The number of benzene rings is 1. The van der Waals surface area contributed by atoms with Crippen LogP contribution in [0.5, 0.6) is 5.75 Å². The second-order valence-electron chi connectivity index (χ2n) is 4.55. The molecule has 1 atom stereocenters. The molecule has 0 saturated carbocycles. The quantitative estimate of drug-likeness (QED) is 0.595. The van der Waals surface area contributed by atoms with Crippen molar-refractivity contribution in [1.29, 1.82) is 0 Å². The van der Waals surface area contributed by atoms with Crippen LogP contribution in [0.1, 0.15) is 12.0 Å². The molecule has 92 valence electrons. The van der Waals surface area contributed by atoms with Crippen molar-refractivity contribution in [2.24, 2.45) is 0 Å². The van der Waals surface area contributed by atoms with Crippen LogP contribution in [0.4, 0.5) is 5.69 Å². The Labute approximate surface area is 100 Å². The van der Waals surface area contributed by atoms with E-state index in [9.17, 15) is 10.1 Å². The van der Waals surface area contributed by atoms with Crippen LogP contribution >= 0.6 is 0 Å². The molecule has 1 fully saturated rings. The molecule has 1 aliphatic rings. The van der Waals surface area contributed by atoms with Crippen molar-refractivity contribution in [2.45, 2.75) is 19.4 Å². The minimum absolute atomic E-state index is 0.0892. The molecule has 0 amide bonds. The first-order valence-corrected chi connectivity index (χ1v) is 5.66. The minimum atomic E-state index is -0.388. The second kappa shape index (κ2) is 4.71. The molecule has 5 nitrogen and oxygen atoms in total. The van der Waals surface area contributed by atoms with E-state index >= 15 is 0 Å². The summed E-state index contributed by atoms with van der Waals surface area (Å²) in [5.41, 5.74) is 0.937. The Morgan fingerprint density at radius 2 is 2.24 bits per heavy atom. The molecular formula is C12H16N2O3. The summed E-state index contributed by atoms with van der Waals surface area (Å²) in [5, 5.41) is 10.7. The van der Waals surface area contributed by atoms with E-state index in [0.717, 1.165) is 25.1 Å². The number of ether oxygens (including phenoxy) is 1. The Morgan fingerprint density at radius 1 is 1.47 bits per heavy atom. The van der Waals surface area contributed by atoms with Crippen LogP contribution in [0.3, 0.4) is 0 Å². The van der Waals surface area contributed by atoms with Gasteiger partial charge in [0, 0.05) is 19.2 Å². The van der Waals surface area contributed by atoms with E-state index in [0.29, 0.717) is 5.75 Å². The summed E-state index contributed by atoms with van der Waals surface area (Å²) < 4.78 is 5.77. The van der Waals surface area contributed by atoms with Crippen LogP contribution in [0.2, 0.25) is 0 Å². The Hall–Kier alpha value is -1.62. The fourth-order valence-electron chi connectivity index (χ4n) is 2.09. The first kappa shape index (κ1) is 11.9. The number of nitro benzene ring substituents is 1. The number of hydrogen-bond donors (Lipinski definition) is 0. The molecule has 0 unspecified atom stereocenters. The average molecular weight is 236 g/mol. The van der Waals surface area contributed by atoms with Crippen LogP contribution in [0.15, 0.2) is 18.2 Å². The molecule has 0 bridgehead atoms. The van der Waals surface area contributed by atoms with Crippen LogP contribution in [-0.4, -0.2) is 36.1 Å². The summed E-state index contributed by atoms with van der Waals surface area (Å²) in [6, 6.07) is 4.88. The van der Waals surface area contributed by atoms with E-state index in [4.69, 9.17) is 4.74 Å². The Bertz CT molecular complexity index is 434.